The summed E-state index contributed by atoms with van der Waals surface area (Å²) in [6, 6.07) is 60.6. The first-order valence-corrected chi connectivity index (χ1v) is 16.0. The van der Waals surface area contributed by atoms with Gasteiger partial charge < -0.3 is 8.98 Å². The van der Waals surface area contributed by atoms with Gasteiger partial charge in [-0.2, -0.15) is 0 Å². The molecule has 0 fully saturated rings. The third-order valence-corrected chi connectivity index (χ3v) is 9.54. The van der Waals surface area contributed by atoms with Gasteiger partial charge in [-0.1, -0.05) is 109 Å². The minimum absolute atomic E-state index is 0.877. The molecule has 3 heteroatoms. The number of hydrogen-bond acceptors (Lipinski definition) is 1. The highest BCUT2D eigenvalue weighted by Crippen LogP contribution is 2.40. The minimum atomic E-state index is 0.877. The van der Waals surface area contributed by atoms with Crippen molar-refractivity contribution in [2.45, 2.75) is 0 Å². The third kappa shape index (κ3) is 3.93. The molecule has 3 heterocycles. The molecule has 0 radical (unpaired) electrons. The number of benzene rings is 7. The van der Waals surface area contributed by atoms with Crippen LogP contribution in [-0.2, 0) is 0 Å². The van der Waals surface area contributed by atoms with E-state index in [9.17, 15) is 0 Å². The molecule has 0 N–H and O–H groups in total. The Bertz CT molecular complexity index is 2720. The molecule has 0 aliphatic rings. The van der Waals surface area contributed by atoms with Gasteiger partial charge in [0.2, 0.25) is 5.71 Å². The Morgan fingerprint density at radius 2 is 0.872 bits per heavy atom. The zero-order valence-electron chi connectivity index (χ0n) is 25.5. The maximum atomic E-state index is 6.67. The van der Waals surface area contributed by atoms with Crippen molar-refractivity contribution in [1.82, 2.24) is 9.13 Å². The topological polar surface area (TPSA) is 23.0 Å². The first-order chi connectivity index (χ1) is 23.3. The van der Waals surface area contributed by atoms with Crippen LogP contribution in [0.1, 0.15) is 0 Å². The Labute approximate surface area is 271 Å². The van der Waals surface area contributed by atoms with Crippen molar-refractivity contribution in [3.05, 3.63) is 170 Å². The number of rotatable bonds is 4. The van der Waals surface area contributed by atoms with Gasteiger partial charge in [0, 0.05) is 32.9 Å². The first-order valence-electron chi connectivity index (χ1n) is 16.0. The lowest BCUT2D eigenvalue weighted by Crippen LogP contribution is -1.93. The summed E-state index contributed by atoms with van der Waals surface area (Å²) in [4.78, 5) is 0. The molecular weight excluding hydrogens is 572 g/mol. The molecule has 0 unspecified atom stereocenters. The van der Waals surface area contributed by atoms with Crippen LogP contribution < -0.4 is 0 Å². The van der Waals surface area contributed by atoms with Crippen molar-refractivity contribution in [1.29, 1.82) is 0 Å². The van der Waals surface area contributed by atoms with Gasteiger partial charge in [0.15, 0.2) is 0 Å². The maximum Gasteiger partial charge on any atom is 0.213 e. The molecule has 10 rings (SSSR count). The molecule has 0 aliphatic carbocycles. The van der Waals surface area contributed by atoms with Crippen LogP contribution in [0.3, 0.4) is 0 Å². The zero-order valence-corrected chi connectivity index (χ0v) is 25.5. The van der Waals surface area contributed by atoms with Gasteiger partial charge in [-0.15, -0.1) is 0 Å². The molecule has 0 amide bonds. The van der Waals surface area contributed by atoms with E-state index < -0.39 is 0 Å². The highest BCUT2D eigenvalue weighted by molar-refractivity contribution is 6.20. The van der Waals surface area contributed by atoms with Crippen LogP contribution >= 0.6 is 0 Å². The van der Waals surface area contributed by atoms with Crippen LogP contribution in [0.2, 0.25) is 0 Å². The second kappa shape index (κ2) is 10.1. The van der Waals surface area contributed by atoms with Gasteiger partial charge in [0.1, 0.15) is 5.58 Å². The Hall–Kier alpha value is -6.32. The van der Waals surface area contributed by atoms with Crippen LogP contribution in [0.4, 0.5) is 0 Å². The molecule has 47 heavy (non-hydrogen) atoms. The number of nitrogens with zero attached hydrogens (tertiary/aromatic N) is 2. The Morgan fingerprint density at radius 1 is 0.340 bits per heavy atom. The molecule has 0 saturated carbocycles. The summed E-state index contributed by atoms with van der Waals surface area (Å²) in [5, 5.41) is 6.03. The smallest absolute Gasteiger partial charge is 0.213 e. The second-order valence-electron chi connectivity index (χ2n) is 12.2. The van der Waals surface area contributed by atoms with Gasteiger partial charge in [-0.05, 0) is 82.9 Å². The zero-order chi connectivity index (χ0) is 30.9. The predicted molar refractivity (Wildman–Crippen MR) is 196 cm³/mol. The van der Waals surface area contributed by atoms with Gasteiger partial charge in [-0.25, -0.2) is 0 Å². The fraction of sp³-hybridized carbons (Fsp3) is 0. The van der Waals surface area contributed by atoms with E-state index in [0.29, 0.717) is 0 Å². The summed E-state index contributed by atoms with van der Waals surface area (Å²) in [5.41, 5.74) is 12.3. The lowest BCUT2D eigenvalue weighted by molar-refractivity contribution is 0.645. The van der Waals surface area contributed by atoms with E-state index in [1.54, 1.807) is 0 Å². The van der Waals surface area contributed by atoms with Crippen molar-refractivity contribution in [3.63, 3.8) is 0 Å². The monoisotopic (exact) mass is 600 g/mol. The predicted octanol–water partition coefficient (Wildman–Crippen LogP) is 12.0. The number of aromatic nitrogens is 2. The molecule has 10 aromatic rings. The number of furan rings is 1. The lowest BCUT2D eigenvalue weighted by Gasteiger charge is -2.10. The molecule has 0 spiro atoms. The van der Waals surface area contributed by atoms with E-state index in [0.717, 1.165) is 50.1 Å². The Kier molecular flexibility index (Phi) is 5.57. The largest absolute Gasteiger partial charge is 0.439 e. The molecule has 3 aromatic heterocycles. The van der Waals surface area contributed by atoms with Crippen molar-refractivity contribution in [2.75, 3.05) is 0 Å². The van der Waals surface area contributed by atoms with Gasteiger partial charge in [0.05, 0.1) is 21.9 Å². The van der Waals surface area contributed by atoms with E-state index in [-0.39, 0.29) is 0 Å². The Morgan fingerprint density at radius 3 is 1.57 bits per heavy atom. The van der Waals surface area contributed by atoms with E-state index in [1.165, 1.54) is 38.3 Å². The summed E-state index contributed by atoms with van der Waals surface area (Å²) < 4.78 is 11.3. The highest BCUT2D eigenvalue weighted by Gasteiger charge is 2.19. The van der Waals surface area contributed by atoms with Crippen molar-refractivity contribution >= 4 is 54.8 Å². The molecule has 7 aromatic carbocycles. The van der Waals surface area contributed by atoms with Crippen molar-refractivity contribution in [2.24, 2.45) is 0 Å². The summed E-state index contributed by atoms with van der Waals surface area (Å²) in [6.07, 6.45) is 0. The molecule has 220 valence electrons. The Balaban J connectivity index is 1.05. The van der Waals surface area contributed by atoms with Crippen LogP contribution in [0.25, 0.3) is 88.4 Å². The van der Waals surface area contributed by atoms with E-state index >= 15 is 0 Å². The maximum absolute atomic E-state index is 6.67. The second-order valence-corrected chi connectivity index (χ2v) is 12.2. The average molecular weight is 601 g/mol. The quantitative estimate of drug-likeness (QED) is 0.197. The SMILES string of the molecule is c1ccc(-n2c3ccccc3c3c4ccc(-c5cccc(-c6ccc(-n7c8ccccc8c8ccccc87)cc6)c5)cc4oc32)cc1. The molecule has 3 nitrogen and oxygen atoms in total. The van der Waals surface area contributed by atoms with Gasteiger partial charge in [0.25, 0.3) is 0 Å². The number of fused-ring (bicyclic) bond motifs is 8. The van der Waals surface area contributed by atoms with E-state index in [1.807, 2.05) is 6.07 Å². The summed E-state index contributed by atoms with van der Waals surface area (Å²) in [6.45, 7) is 0. The summed E-state index contributed by atoms with van der Waals surface area (Å²) in [5.74, 6) is 0. The fourth-order valence-electron chi connectivity index (χ4n) is 7.39. The molecule has 0 bridgehead atoms. The average Bonchev–Trinajstić information content (AvgIpc) is 3.79. The lowest BCUT2D eigenvalue weighted by atomic mass is 9.98. The fourth-order valence-corrected chi connectivity index (χ4v) is 7.39. The number of hydrogen-bond donors (Lipinski definition) is 0. The minimum Gasteiger partial charge on any atom is -0.439 e. The van der Waals surface area contributed by atoms with Crippen molar-refractivity contribution < 1.29 is 4.42 Å². The molecule has 0 saturated heterocycles. The van der Waals surface area contributed by atoms with Crippen LogP contribution in [0.5, 0.6) is 0 Å². The van der Waals surface area contributed by atoms with Crippen LogP contribution in [0.15, 0.2) is 174 Å². The van der Waals surface area contributed by atoms with Crippen LogP contribution in [0, 0.1) is 0 Å². The van der Waals surface area contributed by atoms with Gasteiger partial charge >= 0.3 is 0 Å². The molecule has 0 atom stereocenters. The molecule has 0 aliphatic heterocycles. The normalized spacial score (nSPS) is 11.8. The standard InChI is InChI=1S/C44H28N2O/c1-2-13-33(14-3-1)46-41-20-9-6-17-37(41)43-38-26-23-32(28-42(38)47-44(43)46)31-12-10-11-30(27-31)29-21-24-34(25-22-29)45-39-18-7-4-15-35(39)36-16-5-8-19-40(36)45/h1-28H. The molecular formula is C44H28N2O. The summed E-state index contributed by atoms with van der Waals surface area (Å²) >= 11 is 0. The van der Waals surface area contributed by atoms with E-state index in [2.05, 4.69) is 173 Å². The highest BCUT2D eigenvalue weighted by atomic mass is 16.3. The summed E-state index contributed by atoms with van der Waals surface area (Å²) in [7, 11) is 0. The number of para-hydroxylation sites is 4. The van der Waals surface area contributed by atoms with Crippen LogP contribution in [-0.4, -0.2) is 9.13 Å². The van der Waals surface area contributed by atoms with E-state index in [4.69, 9.17) is 4.42 Å². The van der Waals surface area contributed by atoms with Gasteiger partial charge in [-0.3, -0.25) is 4.57 Å². The van der Waals surface area contributed by atoms with Crippen molar-refractivity contribution in [3.8, 4) is 33.6 Å². The third-order valence-electron chi connectivity index (χ3n) is 9.54. The first kappa shape index (κ1) is 26.0.